The maximum Gasteiger partial charge on any atom is 0.264 e. The molecule has 1 fully saturated rings. The van der Waals surface area contributed by atoms with Crippen LogP contribution in [-0.4, -0.2) is 41.1 Å². The zero-order valence-electron chi connectivity index (χ0n) is 18.2. The van der Waals surface area contributed by atoms with Gasteiger partial charge in [-0.1, -0.05) is 19.8 Å². The van der Waals surface area contributed by atoms with Crippen molar-refractivity contribution in [1.29, 1.82) is 0 Å². The second-order valence-electron chi connectivity index (χ2n) is 7.87. The van der Waals surface area contributed by atoms with Crippen LogP contribution in [0.1, 0.15) is 32.6 Å². The molecule has 2 atom stereocenters. The van der Waals surface area contributed by atoms with Crippen molar-refractivity contribution in [1.82, 2.24) is 5.32 Å². The van der Waals surface area contributed by atoms with Crippen molar-refractivity contribution in [2.45, 2.75) is 43.5 Å². The average molecular weight is 447 g/mol. The first-order valence-electron chi connectivity index (χ1n) is 10.5. The molecule has 1 aliphatic rings. The van der Waals surface area contributed by atoms with Gasteiger partial charge in [0.15, 0.2) is 6.61 Å². The summed E-state index contributed by atoms with van der Waals surface area (Å²) in [6.45, 7) is 2.10. The molecule has 2 unspecified atom stereocenters. The highest BCUT2D eigenvalue weighted by Crippen LogP contribution is 2.26. The number of methoxy groups -OCH3 is 1. The SMILES string of the molecule is COc1ccc(S(=O)(=O)N(C)c2ccc(OCC(=O)NC3CCCCC3C)cc2)cc1. The Balaban J connectivity index is 1.58. The second kappa shape index (κ2) is 10.0. The minimum atomic E-state index is -3.70. The third-order valence-corrected chi connectivity index (χ3v) is 7.55. The molecule has 1 aliphatic carbocycles. The molecule has 1 N–H and O–H groups in total. The molecule has 31 heavy (non-hydrogen) atoms. The topological polar surface area (TPSA) is 84.9 Å². The fourth-order valence-electron chi connectivity index (χ4n) is 3.72. The number of ether oxygens (including phenoxy) is 2. The van der Waals surface area contributed by atoms with Crippen LogP contribution in [0.15, 0.2) is 53.4 Å². The molecular weight excluding hydrogens is 416 g/mol. The van der Waals surface area contributed by atoms with Crippen LogP contribution in [0.4, 0.5) is 5.69 Å². The second-order valence-corrected chi connectivity index (χ2v) is 9.84. The lowest BCUT2D eigenvalue weighted by molar-refractivity contribution is -0.124. The highest BCUT2D eigenvalue weighted by molar-refractivity contribution is 7.92. The van der Waals surface area contributed by atoms with Gasteiger partial charge in [0.25, 0.3) is 15.9 Å². The van der Waals surface area contributed by atoms with Gasteiger partial charge in [0.1, 0.15) is 11.5 Å². The first kappa shape index (κ1) is 22.9. The van der Waals surface area contributed by atoms with Gasteiger partial charge in [0.2, 0.25) is 0 Å². The average Bonchev–Trinajstić information content (AvgIpc) is 2.79. The molecule has 0 spiro atoms. The van der Waals surface area contributed by atoms with Gasteiger partial charge in [-0.25, -0.2) is 8.42 Å². The number of hydrogen-bond donors (Lipinski definition) is 1. The predicted molar refractivity (Wildman–Crippen MR) is 120 cm³/mol. The molecule has 1 amide bonds. The van der Waals surface area contributed by atoms with E-state index in [1.165, 1.54) is 37.0 Å². The maximum absolute atomic E-state index is 12.8. The molecule has 8 heteroatoms. The van der Waals surface area contributed by atoms with Crippen molar-refractivity contribution in [3.05, 3.63) is 48.5 Å². The molecular formula is C23H30N2O5S. The van der Waals surface area contributed by atoms with E-state index < -0.39 is 10.0 Å². The molecule has 2 aromatic rings. The van der Waals surface area contributed by atoms with Crippen molar-refractivity contribution in [3.8, 4) is 11.5 Å². The summed E-state index contributed by atoms with van der Waals surface area (Å²) >= 11 is 0. The lowest BCUT2D eigenvalue weighted by Gasteiger charge is -2.29. The van der Waals surface area contributed by atoms with Crippen LogP contribution < -0.4 is 19.1 Å². The smallest absolute Gasteiger partial charge is 0.264 e. The largest absolute Gasteiger partial charge is 0.497 e. The molecule has 1 saturated carbocycles. The van der Waals surface area contributed by atoms with E-state index in [4.69, 9.17) is 9.47 Å². The van der Waals surface area contributed by atoms with Crippen molar-refractivity contribution < 1.29 is 22.7 Å². The van der Waals surface area contributed by atoms with Gasteiger partial charge in [-0.3, -0.25) is 9.10 Å². The third kappa shape index (κ3) is 5.70. The van der Waals surface area contributed by atoms with Crippen molar-refractivity contribution >= 4 is 21.6 Å². The van der Waals surface area contributed by atoms with Crippen LogP contribution in [0.25, 0.3) is 0 Å². The summed E-state index contributed by atoms with van der Waals surface area (Å²) in [7, 11) is -0.683. The minimum absolute atomic E-state index is 0.0669. The van der Waals surface area contributed by atoms with E-state index in [-0.39, 0.29) is 23.5 Å². The summed E-state index contributed by atoms with van der Waals surface area (Å²) in [5.41, 5.74) is 0.489. The fourth-order valence-corrected chi connectivity index (χ4v) is 4.92. The number of rotatable bonds is 8. The summed E-state index contributed by atoms with van der Waals surface area (Å²) in [5, 5.41) is 3.05. The molecule has 7 nitrogen and oxygen atoms in total. The van der Waals surface area contributed by atoms with Crippen LogP contribution >= 0.6 is 0 Å². The van der Waals surface area contributed by atoms with Gasteiger partial charge in [0.05, 0.1) is 17.7 Å². The molecule has 168 valence electrons. The lowest BCUT2D eigenvalue weighted by Crippen LogP contribution is -2.43. The molecule has 0 heterocycles. The van der Waals surface area contributed by atoms with Gasteiger partial charge in [-0.15, -0.1) is 0 Å². The molecule has 0 bridgehead atoms. The van der Waals surface area contributed by atoms with E-state index in [0.717, 1.165) is 19.3 Å². The quantitative estimate of drug-likeness (QED) is 0.670. The van der Waals surface area contributed by atoms with Crippen LogP contribution in [0.2, 0.25) is 0 Å². The maximum atomic E-state index is 12.8. The number of amides is 1. The standard InChI is InChI=1S/C23H30N2O5S/c1-17-6-4-5-7-22(17)24-23(26)16-30-20-10-8-18(9-11-20)25(2)31(27,28)21-14-12-19(29-3)13-15-21/h8-15,17,22H,4-7,16H2,1-3H3,(H,24,26). The van der Waals surface area contributed by atoms with Gasteiger partial charge >= 0.3 is 0 Å². The van der Waals surface area contributed by atoms with E-state index in [1.807, 2.05) is 0 Å². The number of nitrogens with one attached hydrogen (secondary N) is 1. The Morgan fingerprint density at radius 3 is 2.26 bits per heavy atom. The Labute approximate surface area is 184 Å². The monoisotopic (exact) mass is 446 g/mol. The third-order valence-electron chi connectivity index (χ3n) is 5.75. The number of sulfonamides is 1. The molecule has 0 aliphatic heterocycles. The number of carbonyl (C=O) groups excluding carboxylic acids is 1. The molecule has 0 radical (unpaired) electrons. The molecule has 0 aromatic heterocycles. The number of hydrogen-bond acceptors (Lipinski definition) is 5. The van der Waals surface area contributed by atoms with E-state index in [9.17, 15) is 13.2 Å². The Morgan fingerprint density at radius 1 is 1.03 bits per heavy atom. The Bertz CT molecular complexity index is 974. The number of benzene rings is 2. The molecule has 2 aromatic carbocycles. The summed E-state index contributed by atoms with van der Waals surface area (Å²) < 4.78 is 37.6. The normalized spacial score (nSPS) is 18.8. The Kier molecular flexibility index (Phi) is 7.43. The van der Waals surface area contributed by atoms with Crippen molar-refractivity contribution in [3.63, 3.8) is 0 Å². The number of nitrogens with zero attached hydrogens (tertiary/aromatic N) is 1. The van der Waals surface area contributed by atoms with E-state index in [0.29, 0.717) is 23.1 Å². The van der Waals surface area contributed by atoms with Gasteiger partial charge in [0, 0.05) is 13.1 Å². The first-order chi connectivity index (χ1) is 14.8. The minimum Gasteiger partial charge on any atom is -0.497 e. The van der Waals surface area contributed by atoms with Crippen molar-refractivity contribution in [2.24, 2.45) is 5.92 Å². The van der Waals surface area contributed by atoms with Crippen LogP contribution in [-0.2, 0) is 14.8 Å². The predicted octanol–water partition coefficient (Wildman–Crippen LogP) is 3.59. The van der Waals surface area contributed by atoms with E-state index in [2.05, 4.69) is 12.2 Å². The summed E-state index contributed by atoms with van der Waals surface area (Å²) in [5.74, 6) is 1.44. The van der Waals surface area contributed by atoms with Crippen molar-refractivity contribution in [2.75, 3.05) is 25.1 Å². The Morgan fingerprint density at radius 2 is 1.65 bits per heavy atom. The van der Waals surface area contributed by atoms with Crippen LogP contribution in [0.5, 0.6) is 11.5 Å². The highest BCUT2D eigenvalue weighted by Gasteiger charge is 2.23. The molecule has 0 saturated heterocycles. The summed E-state index contributed by atoms with van der Waals surface area (Å²) in [4.78, 5) is 12.4. The lowest BCUT2D eigenvalue weighted by atomic mass is 9.86. The van der Waals surface area contributed by atoms with E-state index in [1.54, 1.807) is 36.4 Å². The summed E-state index contributed by atoms with van der Waals surface area (Å²) in [6, 6.07) is 13.1. The number of anilines is 1. The zero-order chi connectivity index (χ0) is 22.4. The zero-order valence-corrected chi connectivity index (χ0v) is 19.0. The molecule has 3 rings (SSSR count). The van der Waals surface area contributed by atoms with Crippen LogP contribution in [0.3, 0.4) is 0 Å². The Hall–Kier alpha value is -2.74. The van der Waals surface area contributed by atoms with Crippen LogP contribution in [0, 0.1) is 5.92 Å². The van der Waals surface area contributed by atoms with Gasteiger partial charge in [-0.05, 0) is 67.3 Å². The first-order valence-corrected chi connectivity index (χ1v) is 11.9. The van der Waals surface area contributed by atoms with Gasteiger partial charge in [-0.2, -0.15) is 0 Å². The highest BCUT2D eigenvalue weighted by atomic mass is 32.2. The summed E-state index contributed by atoms with van der Waals surface area (Å²) in [6.07, 6.45) is 4.51. The number of carbonyl (C=O) groups is 1. The van der Waals surface area contributed by atoms with E-state index >= 15 is 0 Å². The van der Waals surface area contributed by atoms with Gasteiger partial charge < -0.3 is 14.8 Å². The fraction of sp³-hybridized carbons (Fsp3) is 0.435.